The quantitative estimate of drug-likeness (QED) is 0.789. The zero-order valence-corrected chi connectivity index (χ0v) is 14.9. The summed E-state index contributed by atoms with van der Waals surface area (Å²) in [6, 6.07) is 9.13. The molecule has 3 rings (SSSR count). The molecule has 25 heavy (non-hydrogen) atoms. The van der Waals surface area contributed by atoms with Gasteiger partial charge in [0, 0.05) is 25.9 Å². The molecule has 2 saturated heterocycles. The lowest BCUT2D eigenvalue weighted by atomic mass is 10.2. The maximum Gasteiger partial charge on any atom is 0.251 e. The Morgan fingerprint density at radius 2 is 2.12 bits per heavy atom. The van der Waals surface area contributed by atoms with E-state index in [-0.39, 0.29) is 17.9 Å². The molecule has 136 valence electrons. The number of rotatable bonds is 6. The van der Waals surface area contributed by atoms with Gasteiger partial charge in [-0.25, -0.2) is 0 Å². The van der Waals surface area contributed by atoms with Gasteiger partial charge in [0.05, 0.1) is 12.7 Å². The van der Waals surface area contributed by atoms with Gasteiger partial charge in [-0.2, -0.15) is 0 Å². The van der Waals surface area contributed by atoms with Gasteiger partial charge in [-0.1, -0.05) is 18.2 Å². The molecule has 2 aliphatic heterocycles. The summed E-state index contributed by atoms with van der Waals surface area (Å²) in [7, 11) is 1.69. The van der Waals surface area contributed by atoms with E-state index in [0.717, 1.165) is 25.1 Å². The summed E-state index contributed by atoms with van der Waals surface area (Å²) in [4.78, 5) is 28.6. The first-order valence-corrected chi connectivity index (χ1v) is 8.94. The van der Waals surface area contributed by atoms with Gasteiger partial charge in [-0.15, -0.1) is 0 Å². The van der Waals surface area contributed by atoms with E-state index in [1.54, 1.807) is 18.9 Å². The number of carbonyl (C=O) groups excluding carboxylic acids is 2. The maximum atomic E-state index is 12.7. The number of carbonyl (C=O) groups is 2. The Morgan fingerprint density at radius 1 is 1.36 bits per heavy atom. The molecule has 2 amide bonds. The number of para-hydroxylation sites is 1. The highest BCUT2D eigenvalue weighted by molar-refractivity contribution is 6.01. The van der Waals surface area contributed by atoms with Gasteiger partial charge in [-0.3, -0.25) is 9.59 Å². The number of hydrogen-bond acceptors (Lipinski definition) is 4. The van der Waals surface area contributed by atoms with Crippen molar-refractivity contribution in [1.82, 2.24) is 4.90 Å². The van der Waals surface area contributed by atoms with Gasteiger partial charge < -0.3 is 19.3 Å². The molecule has 0 N–H and O–H groups in total. The molecular formula is C19H26N2O4. The average molecular weight is 346 g/mol. The minimum atomic E-state index is -0.576. The van der Waals surface area contributed by atoms with Crippen LogP contribution in [0.1, 0.15) is 26.2 Å². The smallest absolute Gasteiger partial charge is 0.251 e. The second-order valence-corrected chi connectivity index (χ2v) is 6.69. The van der Waals surface area contributed by atoms with Crippen LogP contribution >= 0.6 is 0 Å². The summed E-state index contributed by atoms with van der Waals surface area (Å²) < 4.78 is 11.2. The van der Waals surface area contributed by atoms with Crippen molar-refractivity contribution >= 4 is 17.5 Å². The highest BCUT2D eigenvalue weighted by atomic mass is 16.5. The zero-order valence-electron chi connectivity index (χ0n) is 14.9. The highest BCUT2D eigenvalue weighted by Gasteiger charge is 2.38. The van der Waals surface area contributed by atoms with Crippen LogP contribution in [0.4, 0.5) is 5.69 Å². The Morgan fingerprint density at radius 3 is 2.80 bits per heavy atom. The van der Waals surface area contributed by atoms with E-state index < -0.39 is 12.1 Å². The molecule has 0 aliphatic carbocycles. The van der Waals surface area contributed by atoms with Gasteiger partial charge in [-0.05, 0) is 38.3 Å². The van der Waals surface area contributed by atoms with Gasteiger partial charge in [0.15, 0.2) is 0 Å². The first-order chi connectivity index (χ1) is 12.1. The summed E-state index contributed by atoms with van der Waals surface area (Å²) in [6.45, 7) is 3.55. The molecule has 0 unspecified atom stereocenters. The molecular weight excluding hydrogens is 320 g/mol. The van der Waals surface area contributed by atoms with Crippen molar-refractivity contribution in [2.75, 3.05) is 31.7 Å². The largest absolute Gasteiger partial charge is 0.376 e. The molecule has 6 heteroatoms. The Bertz CT molecular complexity index is 601. The van der Waals surface area contributed by atoms with E-state index in [0.29, 0.717) is 19.6 Å². The number of likely N-dealkylation sites (N-methyl/N-ethyl adjacent to an activating group) is 1. The molecule has 0 radical (unpaired) electrons. The van der Waals surface area contributed by atoms with Crippen LogP contribution in [-0.2, 0) is 19.1 Å². The molecule has 2 heterocycles. The van der Waals surface area contributed by atoms with Crippen LogP contribution in [-0.4, -0.2) is 61.8 Å². The molecule has 1 aromatic rings. The lowest BCUT2D eigenvalue weighted by Crippen LogP contribution is -2.47. The van der Waals surface area contributed by atoms with Gasteiger partial charge in [0.2, 0.25) is 5.91 Å². The Balaban J connectivity index is 1.55. The minimum absolute atomic E-state index is 0.0339. The minimum Gasteiger partial charge on any atom is -0.376 e. The first-order valence-electron chi connectivity index (χ1n) is 8.94. The van der Waals surface area contributed by atoms with E-state index in [9.17, 15) is 9.59 Å². The van der Waals surface area contributed by atoms with Crippen molar-refractivity contribution in [1.29, 1.82) is 0 Å². The Kier molecular flexibility index (Phi) is 5.71. The van der Waals surface area contributed by atoms with Crippen molar-refractivity contribution in [3.05, 3.63) is 30.3 Å². The van der Waals surface area contributed by atoms with Crippen molar-refractivity contribution < 1.29 is 19.1 Å². The molecule has 0 aromatic heterocycles. The third-order valence-electron chi connectivity index (χ3n) is 4.96. The fraction of sp³-hybridized carbons (Fsp3) is 0.579. The lowest BCUT2D eigenvalue weighted by Gasteiger charge is -2.27. The van der Waals surface area contributed by atoms with Crippen molar-refractivity contribution in [2.24, 2.45) is 0 Å². The fourth-order valence-electron chi connectivity index (χ4n) is 3.43. The second kappa shape index (κ2) is 7.97. The normalized spacial score (nSPS) is 24.6. The van der Waals surface area contributed by atoms with Crippen molar-refractivity contribution in [2.45, 2.75) is 44.4 Å². The number of hydrogen-bond donors (Lipinski definition) is 0. The highest BCUT2D eigenvalue weighted by Crippen LogP contribution is 2.24. The van der Waals surface area contributed by atoms with Gasteiger partial charge >= 0.3 is 0 Å². The fourth-order valence-corrected chi connectivity index (χ4v) is 3.43. The predicted molar refractivity (Wildman–Crippen MR) is 94.4 cm³/mol. The van der Waals surface area contributed by atoms with E-state index >= 15 is 0 Å². The summed E-state index contributed by atoms with van der Waals surface area (Å²) >= 11 is 0. The van der Waals surface area contributed by atoms with Gasteiger partial charge in [0.1, 0.15) is 12.1 Å². The summed E-state index contributed by atoms with van der Waals surface area (Å²) in [5.41, 5.74) is 0.874. The van der Waals surface area contributed by atoms with Crippen molar-refractivity contribution in [3.8, 4) is 0 Å². The SMILES string of the molecule is C[C@H](OC[C@H]1CCCO1)C(=O)N(C)[C@@H]1CCN(c2ccccc2)C1=O. The van der Waals surface area contributed by atoms with Crippen LogP contribution < -0.4 is 4.90 Å². The molecule has 0 saturated carbocycles. The summed E-state index contributed by atoms with van der Waals surface area (Å²) in [5.74, 6) is -0.195. The molecule has 6 nitrogen and oxygen atoms in total. The number of anilines is 1. The third-order valence-corrected chi connectivity index (χ3v) is 4.96. The monoisotopic (exact) mass is 346 g/mol. The number of ether oxygens (including phenoxy) is 2. The molecule has 0 bridgehead atoms. The molecule has 2 aliphatic rings. The van der Waals surface area contributed by atoms with Crippen LogP contribution in [0.25, 0.3) is 0 Å². The summed E-state index contributed by atoms with van der Waals surface area (Å²) in [5, 5.41) is 0. The Hall–Kier alpha value is -1.92. The summed E-state index contributed by atoms with van der Waals surface area (Å²) in [6.07, 6.45) is 2.16. The second-order valence-electron chi connectivity index (χ2n) is 6.69. The molecule has 1 aromatic carbocycles. The molecule has 0 spiro atoms. The van der Waals surface area contributed by atoms with Crippen LogP contribution in [0.15, 0.2) is 30.3 Å². The van der Waals surface area contributed by atoms with E-state index in [1.165, 1.54) is 4.90 Å². The van der Waals surface area contributed by atoms with Crippen LogP contribution in [0.3, 0.4) is 0 Å². The zero-order chi connectivity index (χ0) is 17.8. The first kappa shape index (κ1) is 17.9. The lowest BCUT2D eigenvalue weighted by molar-refractivity contribution is -0.147. The topological polar surface area (TPSA) is 59.1 Å². The number of amides is 2. The van der Waals surface area contributed by atoms with E-state index in [2.05, 4.69) is 0 Å². The van der Waals surface area contributed by atoms with E-state index in [1.807, 2.05) is 30.3 Å². The third kappa shape index (κ3) is 4.02. The van der Waals surface area contributed by atoms with Crippen LogP contribution in [0.5, 0.6) is 0 Å². The molecule has 2 fully saturated rings. The van der Waals surface area contributed by atoms with Crippen LogP contribution in [0.2, 0.25) is 0 Å². The number of nitrogens with zero attached hydrogens (tertiary/aromatic N) is 2. The van der Waals surface area contributed by atoms with E-state index in [4.69, 9.17) is 9.47 Å². The maximum absolute atomic E-state index is 12.7. The Labute approximate surface area is 148 Å². The standard InChI is InChI=1S/C19H26N2O4/c1-14(25-13-16-9-6-12-24-16)18(22)20(2)17-10-11-21(19(17)23)15-7-4-3-5-8-15/h3-5,7-8,14,16-17H,6,9-13H2,1-2H3/t14-,16+,17+/m0/s1. The van der Waals surface area contributed by atoms with Gasteiger partial charge in [0.25, 0.3) is 5.91 Å². The van der Waals surface area contributed by atoms with Crippen LogP contribution in [0, 0.1) is 0 Å². The predicted octanol–water partition coefficient (Wildman–Crippen LogP) is 1.83. The van der Waals surface area contributed by atoms with Crippen molar-refractivity contribution in [3.63, 3.8) is 0 Å². The average Bonchev–Trinajstić information content (AvgIpc) is 3.28. The molecule has 3 atom stereocenters. The number of benzene rings is 1.